The first-order valence-corrected chi connectivity index (χ1v) is 12.8. The van der Waals surface area contributed by atoms with Crippen molar-refractivity contribution in [3.63, 3.8) is 0 Å². The molecule has 1 N–H and O–H groups in total. The van der Waals surface area contributed by atoms with E-state index >= 15 is 0 Å². The predicted octanol–water partition coefficient (Wildman–Crippen LogP) is 6.36. The number of para-hydroxylation sites is 3. The van der Waals surface area contributed by atoms with Gasteiger partial charge in [-0.05, 0) is 60.7 Å². The number of fused-ring (bicyclic) bond motifs is 2. The molecule has 0 unspecified atom stereocenters. The molecule has 0 aliphatic heterocycles. The highest BCUT2D eigenvalue weighted by Gasteiger charge is 2.16. The molecule has 4 aromatic carbocycles. The normalized spacial score (nSPS) is 11.3. The summed E-state index contributed by atoms with van der Waals surface area (Å²) in [6.07, 6.45) is 1.50. The van der Waals surface area contributed by atoms with Crippen molar-refractivity contribution in [3.05, 3.63) is 124 Å². The van der Waals surface area contributed by atoms with Crippen LogP contribution in [-0.4, -0.2) is 28.4 Å². The average Bonchev–Trinajstić information content (AvgIpc) is 3.41. The molecule has 0 aliphatic carbocycles. The number of halogens is 1. The minimum absolute atomic E-state index is 0.227. The molecule has 2 aromatic heterocycles. The van der Waals surface area contributed by atoms with E-state index in [9.17, 15) is 9.59 Å². The van der Waals surface area contributed by atoms with E-state index in [2.05, 4.69) is 10.4 Å². The number of aromatic nitrogens is 2. The molecule has 9 heteroatoms. The van der Waals surface area contributed by atoms with Crippen LogP contribution in [-0.2, 0) is 4.79 Å². The van der Waals surface area contributed by atoms with Crippen LogP contribution in [0.25, 0.3) is 33.5 Å². The Morgan fingerprint density at radius 2 is 1.73 bits per heavy atom. The third-order valence-electron chi connectivity index (χ3n) is 6.12. The molecule has 0 spiro atoms. The Morgan fingerprint density at radius 3 is 2.58 bits per heavy atom. The fourth-order valence-corrected chi connectivity index (χ4v) is 4.32. The Hall–Kier alpha value is -5.21. The maximum atomic E-state index is 13.5. The Morgan fingerprint density at radius 1 is 0.975 bits per heavy atom. The molecule has 0 saturated carbocycles. The zero-order valence-corrected chi connectivity index (χ0v) is 21.7. The number of benzene rings is 4. The monoisotopic (exact) mass is 548 g/mol. The van der Waals surface area contributed by atoms with Crippen molar-refractivity contribution in [1.82, 2.24) is 9.66 Å². The van der Waals surface area contributed by atoms with Crippen LogP contribution in [0.2, 0.25) is 5.02 Å². The van der Waals surface area contributed by atoms with Gasteiger partial charge in [-0.3, -0.25) is 9.59 Å². The lowest BCUT2D eigenvalue weighted by Gasteiger charge is -2.10. The molecule has 6 aromatic rings. The van der Waals surface area contributed by atoms with E-state index in [4.69, 9.17) is 25.7 Å². The van der Waals surface area contributed by atoms with Crippen molar-refractivity contribution in [3.8, 4) is 17.3 Å². The van der Waals surface area contributed by atoms with Gasteiger partial charge in [-0.1, -0.05) is 54.1 Å². The summed E-state index contributed by atoms with van der Waals surface area (Å²) in [7, 11) is 0. The second-order valence-electron chi connectivity index (χ2n) is 8.84. The first-order chi connectivity index (χ1) is 19.5. The number of ether oxygens (including phenoxy) is 1. The molecule has 0 aliphatic rings. The third-order valence-corrected chi connectivity index (χ3v) is 6.37. The van der Waals surface area contributed by atoms with Gasteiger partial charge >= 0.3 is 0 Å². The van der Waals surface area contributed by atoms with Gasteiger partial charge in [0, 0.05) is 21.7 Å². The second-order valence-corrected chi connectivity index (χ2v) is 9.28. The number of nitrogens with zero attached hydrogens (tertiary/aromatic N) is 3. The molecule has 8 nitrogen and oxygen atoms in total. The number of carbonyl (C=O) groups excluding carboxylic acids is 1. The molecule has 0 radical (unpaired) electrons. The molecule has 40 heavy (non-hydrogen) atoms. The topological polar surface area (TPSA) is 98.7 Å². The van der Waals surface area contributed by atoms with Crippen molar-refractivity contribution in [2.24, 2.45) is 5.10 Å². The fourth-order valence-electron chi connectivity index (χ4n) is 4.19. The fraction of sp³-hybridized carbons (Fsp3) is 0.0323. The van der Waals surface area contributed by atoms with Gasteiger partial charge in [-0.2, -0.15) is 9.78 Å². The number of nitrogens with one attached hydrogen (secondary N) is 1. The SMILES string of the molecule is O=C(COc1ccccc1C=Nn1c(-c2cc3ccccc3o2)nc2ccccc2c1=O)Nc1ccc(Cl)cc1. The lowest BCUT2D eigenvalue weighted by Crippen LogP contribution is -2.21. The van der Waals surface area contributed by atoms with Gasteiger partial charge in [-0.15, -0.1) is 0 Å². The summed E-state index contributed by atoms with van der Waals surface area (Å²) in [6.45, 7) is -0.227. The summed E-state index contributed by atoms with van der Waals surface area (Å²) in [6, 6.07) is 30.3. The standard InChI is InChI=1S/C31H21ClN4O4/c32-22-13-15-23(16-14-22)34-29(37)19-39-26-11-5-2-8-21(26)18-33-36-30(28-17-20-7-1-6-12-27(20)40-28)35-25-10-4-3-9-24(25)31(36)38/h1-18H,19H2,(H,34,37). The molecule has 0 bridgehead atoms. The van der Waals surface area contributed by atoms with Crippen LogP contribution in [0.3, 0.4) is 0 Å². The minimum Gasteiger partial charge on any atom is -0.483 e. The van der Waals surface area contributed by atoms with Crippen LogP contribution in [0.15, 0.2) is 117 Å². The highest BCUT2D eigenvalue weighted by molar-refractivity contribution is 6.30. The molecular formula is C31H21ClN4O4. The smallest absolute Gasteiger partial charge is 0.282 e. The van der Waals surface area contributed by atoms with Crippen molar-refractivity contribution >= 4 is 51.3 Å². The van der Waals surface area contributed by atoms with E-state index in [0.717, 1.165) is 5.39 Å². The second kappa shape index (κ2) is 10.9. The Labute approximate surface area is 233 Å². The quantitative estimate of drug-likeness (QED) is 0.234. The first kappa shape index (κ1) is 25.1. The third kappa shape index (κ3) is 5.21. The van der Waals surface area contributed by atoms with Gasteiger partial charge in [0.15, 0.2) is 12.4 Å². The number of carbonyl (C=O) groups is 1. The summed E-state index contributed by atoms with van der Waals surface area (Å²) in [5.41, 5.74) is 2.03. The summed E-state index contributed by atoms with van der Waals surface area (Å²) in [5.74, 6) is 0.752. The van der Waals surface area contributed by atoms with Crippen LogP contribution in [0, 0.1) is 0 Å². The molecule has 0 fully saturated rings. The van der Waals surface area contributed by atoms with Crippen molar-refractivity contribution in [2.75, 3.05) is 11.9 Å². The van der Waals surface area contributed by atoms with Crippen molar-refractivity contribution in [2.45, 2.75) is 0 Å². The van der Waals surface area contributed by atoms with Crippen LogP contribution in [0.5, 0.6) is 5.75 Å². The highest BCUT2D eigenvalue weighted by Crippen LogP contribution is 2.27. The minimum atomic E-state index is -0.349. The largest absolute Gasteiger partial charge is 0.483 e. The van der Waals surface area contributed by atoms with E-state index in [1.165, 1.54) is 10.9 Å². The molecule has 0 atom stereocenters. The van der Waals surface area contributed by atoms with Crippen LogP contribution in [0.1, 0.15) is 5.56 Å². The van der Waals surface area contributed by atoms with E-state index in [0.29, 0.717) is 44.3 Å². The molecule has 1 amide bonds. The van der Waals surface area contributed by atoms with Crippen molar-refractivity contribution < 1.29 is 13.9 Å². The summed E-state index contributed by atoms with van der Waals surface area (Å²) in [5, 5.41) is 9.13. The Bertz CT molecular complexity index is 1910. The lowest BCUT2D eigenvalue weighted by molar-refractivity contribution is -0.118. The number of anilines is 1. The van der Waals surface area contributed by atoms with Crippen molar-refractivity contribution in [1.29, 1.82) is 0 Å². The number of rotatable bonds is 7. The maximum Gasteiger partial charge on any atom is 0.282 e. The number of furan rings is 1. The van der Waals surface area contributed by atoms with Crippen LogP contribution < -0.4 is 15.6 Å². The van der Waals surface area contributed by atoms with E-state index in [-0.39, 0.29) is 23.9 Å². The van der Waals surface area contributed by atoms with Crippen LogP contribution in [0.4, 0.5) is 5.69 Å². The zero-order valence-electron chi connectivity index (χ0n) is 21.0. The first-order valence-electron chi connectivity index (χ1n) is 12.4. The Kier molecular flexibility index (Phi) is 6.82. The zero-order chi connectivity index (χ0) is 27.5. The van der Waals surface area contributed by atoms with Gasteiger partial charge < -0.3 is 14.5 Å². The summed E-state index contributed by atoms with van der Waals surface area (Å²) in [4.78, 5) is 30.7. The molecule has 6 rings (SSSR count). The molecule has 0 saturated heterocycles. The van der Waals surface area contributed by atoms with Gasteiger partial charge in [0.25, 0.3) is 11.5 Å². The van der Waals surface area contributed by atoms with E-state index in [1.54, 1.807) is 60.7 Å². The van der Waals surface area contributed by atoms with Gasteiger partial charge in [0.2, 0.25) is 5.82 Å². The number of amides is 1. The van der Waals surface area contributed by atoms with Gasteiger partial charge in [-0.25, -0.2) is 4.98 Å². The van der Waals surface area contributed by atoms with E-state index < -0.39 is 0 Å². The maximum absolute atomic E-state index is 13.5. The molecule has 196 valence electrons. The summed E-state index contributed by atoms with van der Waals surface area (Å²) < 4.78 is 13.0. The molecule has 2 heterocycles. The molecular weight excluding hydrogens is 528 g/mol. The van der Waals surface area contributed by atoms with Gasteiger partial charge in [0.1, 0.15) is 11.3 Å². The lowest BCUT2D eigenvalue weighted by atomic mass is 10.2. The highest BCUT2D eigenvalue weighted by atomic mass is 35.5. The summed E-state index contributed by atoms with van der Waals surface area (Å²) >= 11 is 5.90. The predicted molar refractivity (Wildman–Crippen MR) is 156 cm³/mol. The number of hydrogen-bond donors (Lipinski definition) is 1. The Balaban J connectivity index is 1.32. The van der Waals surface area contributed by atoms with E-state index in [1.807, 2.05) is 42.5 Å². The van der Waals surface area contributed by atoms with Crippen LogP contribution >= 0.6 is 11.6 Å². The number of hydrogen-bond acceptors (Lipinski definition) is 6. The van der Waals surface area contributed by atoms with Gasteiger partial charge in [0.05, 0.1) is 17.1 Å². The average molecular weight is 549 g/mol.